The fraction of sp³-hybridized carbons (Fsp3) is 0.405. The van der Waals surface area contributed by atoms with Gasteiger partial charge in [0.15, 0.2) is 11.5 Å². The summed E-state index contributed by atoms with van der Waals surface area (Å²) in [7, 11) is 3.04. The van der Waals surface area contributed by atoms with E-state index in [1.165, 1.54) is 21.1 Å². The normalized spacial score (nSPS) is 15.9. The van der Waals surface area contributed by atoms with Crippen LogP contribution in [0.15, 0.2) is 60.7 Å². The van der Waals surface area contributed by atoms with Crippen LogP contribution in [0, 0.1) is 5.41 Å². The van der Waals surface area contributed by atoms with Gasteiger partial charge in [0.1, 0.15) is 12.2 Å². The van der Waals surface area contributed by atoms with Gasteiger partial charge in [-0.05, 0) is 55.3 Å². The number of nitrogens with zero attached hydrogens (tertiary/aromatic N) is 1. The number of amides is 2. The van der Waals surface area contributed by atoms with E-state index in [1.807, 2.05) is 19.9 Å². The Morgan fingerprint density at radius 2 is 1.73 bits per heavy atom. The molecule has 2 amide bonds. The number of hydrogen-bond acceptors (Lipinski definition) is 9. The number of anilines is 2. The van der Waals surface area contributed by atoms with Gasteiger partial charge in [-0.25, -0.2) is 0 Å². The predicted molar refractivity (Wildman–Crippen MR) is 185 cm³/mol. The maximum atomic E-state index is 14.5. The molecule has 0 saturated carbocycles. The van der Waals surface area contributed by atoms with Gasteiger partial charge >= 0.3 is 11.9 Å². The lowest BCUT2D eigenvalue weighted by Gasteiger charge is -2.33. The Balaban J connectivity index is 1.72. The molecule has 11 nitrogen and oxygen atoms in total. The van der Waals surface area contributed by atoms with Crippen molar-refractivity contribution >= 4 is 46.7 Å². The summed E-state index contributed by atoms with van der Waals surface area (Å²) in [4.78, 5) is 53.2. The van der Waals surface area contributed by atoms with Crippen LogP contribution in [-0.2, 0) is 39.8 Å². The van der Waals surface area contributed by atoms with Crippen molar-refractivity contribution < 1.29 is 42.9 Å². The van der Waals surface area contributed by atoms with Crippen LogP contribution in [0.5, 0.6) is 11.5 Å². The van der Waals surface area contributed by atoms with Gasteiger partial charge in [0, 0.05) is 52.8 Å². The van der Waals surface area contributed by atoms with Gasteiger partial charge in [-0.3, -0.25) is 19.2 Å². The molecule has 0 fully saturated rings. The Morgan fingerprint density at radius 1 is 0.980 bits per heavy atom. The summed E-state index contributed by atoms with van der Waals surface area (Å²) in [5.41, 5.74) is 2.34. The van der Waals surface area contributed by atoms with Gasteiger partial charge in [0.05, 0.1) is 33.9 Å². The molecule has 0 spiro atoms. The lowest BCUT2D eigenvalue weighted by molar-refractivity contribution is -0.144. The Bertz CT molecular complexity index is 1680. The molecule has 1 N–H and O–H groups in total. The molecule has 49 heavy (non-hydrogen) atoms. The second-order valence-corrected chi connectivity index (χ2v) is 12.9. The van der Waals surface area contributed by atoms with E-state index in [9.17, 15) is 19.2 Å². The molecule has 3 aromatic rings. The predicted octanol–water partition coefficient (Wildman–Crippen LogP) is 6.29. The SMILES string of the molecule is CCOC(=O)CCc1cccc(NC(=O)C[C@@H]2O[C@@H](c3cccc(OC)c3OC)c3cc(Cl)ccc3N(CC(C)(C)COC(C)=O)C2=O)c1. The van der Waals surface area contributed by atoms with Gasteiger partial charge in [-0.1, -0.05) is 49.7 Å². The molecule has 0 aromatic heterocycles. The van der Waals surface area contributed by atoms with E-state index in [4.69, 9.17) is 35.3 Å². The minimum Gasteiger partial charge on any atom is -0.493 e. The summed E-state index contributed by atoms with van der Waals surface area (Å²) in [6.45, 7) is 7.34. The fourth-order valence-electron chi connectivity index (χ4n) is 5.66. The number of carbonyl (C=O) groups excluding carboxylic acids is 4. The van der Waals surface area contributed by atoms with Crippen LogP contribution in [0.25, 0.3) is 0 Å². The minimum absolute atomic E-state index is 0.0562. The number of fused-ring (bicyclic) bond motifs is 1. The lowest BCUT2D eigenvalue weighted by atomic mass is 9.92. The molecule has 1 heterocycles. The van der Waals surface area contributed by atoms with Crippen molar-refractivity contribution in [2.45, 2.75) is 59.2 Å². The highest BCUT2D eigenvalue weighted by molar-refractivity contribution is 6.30. The fourth-order valence-corrected chi connectivity index (χ4v) is 5.84. The molecule has 0 saturated heterocycles. The first-order chi connectivity index (χ1) is 23.3. The molecule has 2 atom stereocenters. The topological polar surface area (TPSA) is 130 Å². The summed E-state index contributed by atoms with van der Waals surface area (Å²) in [5.74, 6) is -0.789. The zero-order valence-electron chi connectivity index (χ0n) is 28.7. The van der Waals surface area contributed by atoms with Crippen molar-refractivity contribution in [2.24, 2.45) is 5.41 Å². The third kappa shape index (κ3) is 9.73. The molecule has 12 heteroatoms. The van der Waals surface area contributed by atoms with E-state index >= 15 is 0 Å². The second kappa shape index (κ2) is 16.7. The number of ether oxygens (including phenoxy) is 5. The standard InChI is InChI=1S/C37H43ClN2O9/c1-7-47-33(43)17-14-24-10-8-11-26(18-24)39-32(42)20-31-36(44)40(21-37(3,4)22-48-23(2)41)29-16-15-25(38)19-28(29)34(49-31)27-12-9-13-30(45-5)35(27)46-6/h8-13,15-16,18-19,31,34H,7,14,17,20-22H2,1-6H3,(H,39,42)/t31-,34-/m0/s1. The van der Waals surface area contributed by atoms with E-state index in [2.05, 4.69) is 5.32 Å². The van der Waals surface area contributed by atoms with Crippen LogP contribution >= 0.6 is 11.6 Å². The van der Waals surface area contributed by atoms with Crippen LogP contribution in [0.1, 0.15) is 63.3 Å². The average molecular weight is 695 g/mol. The number of rotatable bonds is 14. The summed E-state index contributed by atoms with van der Waals surface area (Å²) < 4.78 is 28.3. The van der Waals surface area contributed by atoms with Crippen LogP contribution < -0.4 is 19.7 Å². The molecular weight excluding hydrogens is 652 g/mol. The number of nitrogens with one attached hydrogen (secondary N) is 1. The quantitative estimate of drug-likeness (QED) is 0.194. The van der Waals surface area contributed by atoms with Gasteiger partial charge in [0.25, 0.3) is 5.91 Å². The first kappa shape index (κ1) is 37.2. The maximum Gasteiger partial charge on any atom is 0.306 e. The Morgan fingerprint density at radius 3 is 2.43 bits per heavy atom. The van der Waals surface area contributed by atoms with Gasteiger partial charge in [-0.15, -0.1) is 0 Å². The molecule has 0 unspecified atom stereocenters. The lowest BCUT2D eigenvalue weighted by Crippen LogP contribution is -2.46. The number of para-hydroxylation sites is 1. The van der Waals surface area contributed by atoms with Crippen LogP contribution in [-0.4, -0.2) is 63.8 Å². The zero-order chi connectivity index (χ0) is 35.7. The van der Waals surface area contributed by atoms with Crippen LogP contribution in [0.4, 0.5) is 11.4 Å². The number of benzene rings is 3. The van der Waals surface area contributed by atoms with Crippen LogP contribution in [0.2, 0.25) is 5.02 Å². The van der Waals surface area contributed by atoms with Crippen LogP contribution in [0.3, 0.4) is 0 Å². The van der Waals surface area contributed by atoms with E-state index in [-0.39, 0.29) is 32.0 Å². The first-order valence-corrected chi connectivity index (χ1v) is 16.4. The maximum absolute atomic E-state index is 14.5. The van der Waals surface area contributed by atoms with Crippen molar-refractivity contribution in [3.05, 3.63) is 82.4 Å². The molecule has 4 rings (SSSR count). The van der Waals surface area contributed by atoms with E-state index < -0.39 is 35.4 Å². The van der Waals surface area contributed by atoms with Gasteiger partial charge < -0.3 is 33.9 Å². The largest absolute Gasteiger partial charge is 0.493 e. The van der Waals surface area contributed by atoms with E-state index in [1.54, 1.807) is 66.4 Å². The number of hydrogen-bond donors (Lipinski definition) is 1. The number of aryl methyl sites for hydroxylation is 1. The molecule has 1 aliphatic heterocycles. The number of halogens is 1. The van der Waals surface area contributed by atoms with Gasteiger partial charge in [-0.2, -0.15) is 0 Å². The first-order valence-electron chi connectivity index (χ1n) is 16.0. The van der Waals surface area contributed by atoms with Crippen molar-refractivity contribution in [2.75, 3.05) is 44.2 Å². The Labute approximate surface area is 291 Å². The third-order valence-electron chi connectivity index (χ3n) is 7.88. The average Bonchev–Trinajstić information content (AvgIpc) is 3.16. The summed E-state index contributed by atoms with van der Waals surface area (Å²) >= 11 is 6.53. The molecule has 262 valence electrons. The number of methoxy groups -OCH3 is 2. The molecule has 1 aliphatic rings. The summed E-state index contributed by atoms with van der Waals surface area (Å²) in [6, 6.07) is 17.6. The number of esters is 2. The number of carbonyl (C=O) groups is 4. The Kier molecular flexibility index (Phi) is 12.7. The molecular formula is C37H43ClN2O9. The van der Waals surface area contributed by atoms with E-state index in [0.717, 1.165) is 5.56 Å². The highest BCUT2D eigenvalue weighted by atomic mass is 35.5. The highest BCUT2D eigenvalue weighted by Crippen LogP contribution is 2.45. The third-order valence-corrected chi connectivity index (χ3v) is 8.11. The zero-order valence-corrected chi connectivity index (χ0v) is 29.4. The smallest absolute Gasteiger partial charge is 0.306 e. The molecule has 0 aliphatic carbocycles. The molecule has 0 bridgehead atoms. The van der Waals surface area contributed by atoms with Gasteiger partial charge in [0.2, 0.25) is 5.91 Å². The van der Waals surface area contributed by atoms with Crippen molar-refractivity contribution in [1.82, 2.24) is 0 Å². The van der Waals surface area contributed by atoms with Crippen molar-refractivity contribution in [3.63, 3.8) is 0 Å². The monoisotopic (exact) mass is 694 g/mol. The minimum atomic E-state index is -1.25. The molecule has 3 aromatic carbocycles. The Hall–Kier alpha value is -4.61. The van der Waals surface area contributed by atoms with E-state index in [0.29, 0.717) is 52.1 Å². The molecule has 0 radical (unpaired) electrons. The summed E-state index contributed by atoms with van der Waals surface area (Å²) in [6.07, 6.45) is -1.82. The summed E-state index contributed by atoms with van der Waals surface area (Å²) in [5, 5.41) is 3.29. The van der Waals surface area contributed by atoms with Crippen molar-refractivity contribution in [3.8, 4) is 11.5 Å². The highest BCUT2D eigenvalue weighted by Gasteiger charge is 2.41. The second-order valence-electron chi connectivity index (χ2n) is 12.4. The van der Waals surface area contributed by atoms with Crippen molar-refractivity contribution in [1.29, 1.82) is 0 Å².